The minimum atomic E-state index is -2.94. The summed E-state index contributed by atoms with van der Waals surface area (Å²) < 4.78 is 64.1. The molecule has 2 aliphatic heterocycles. The first-order chi connectivity index (χ1) is 15.1. The van der Waals surface area contributed by atoms with E-state index in [1.165, 1.54) is 0 Å². The van der Waals surface area contributed by atoms with Gasteiger partial charge in [-0.05, 0) is 91.7 Å². The lowest BCUT2D eigenvalue weighted by atomic mass is 11.9. The van der Waals surface area contributed by atoms with Crippen LogP contribution in [-0.4, -0.2) is 77.5 Å². The molecular formula is C16H48O10Si9. The van der Waals surface area contributed by atoms with Crippen LogP contribution in [0, 0.1) is 0 Å². The van der Waals surface area contributed by atoms with Crippen molar-refractivity contribution in [2.45, 2.75) is 105 Å². The normalized spacial score (nSPS) is 27.4. The second-order valence-electron chi connectivity index (χ2n) is 12.5. The molecule has 0 aromatic carbocycles. The van der Waals surface area contributed by atoms with E-state index in [1.54, 1.807) is 0 Å². The van der Waals surface area contributed by atoms with E-state index in [1.807, 2.05) is 105 Å². The summed E-state index contributed by atoms with van der Waals surface area (Å²) in [7, 11) is -23.3. The zero-order chi connectivity index (χ0) is 27.6. The van der Waals surface area contributed by atoms with E-state index >= 15 is 0 Å². The van der Waals surface area contributed by atoms with Gasteiger partial charge in [0.25, 0.3) is 0 Å². The minimum Gasteiger partial charge on any atom is -0.416 e. The fourth-order valence-corrected chi connectivity index (χ4v) is 52.7. The maximum atomic E-state index is 6.65. The maximum Gasteiger partial charge on any atom is 0.470 e. The molecule has 0 saturated carbocycles. The summed E-state index contributed by atoms with van der Waals surface area (Å²) in [5.41, 5.74) is 0. The summed E-state index contributed by atoms with van der Waals surface area (Å²) in [4.78, 5) is 0. The summed E-state index contributed by atoms with van der Waals surface area (Å²) >= 11 is 0. The Morgan fingerprint density at radius 2 is 0.600 bits per heavy atom. The van der Waals surface area contributed by atoms with Crippen molar-refractivity contribution in [2.75, 3.05) is 0 Å². The van der Waals surface area contributed by atoms with Crippen molar-refractivity contribution in [1.29, 1.82) is 0 Å². The van der Waals surface area contributed by atoms with Crippen LogP contribution >= 0.6 is 0 Å². The van der Waals surface area contributed by atoms with Crippen LogP contribution in [-0.2, 0) is 41.2 Å². The molecule has 2 fully saturated rings. The standard InChI is InChI=1S/C16H48O10Si9/c1-27(2,17-28(3,4)21-34(15)23-30(7,8)19-31(9,10)24-34)18-29(5,6)22-35(16)25-32(11,12)20-33(13,14)26-35/h1-16H3. The third-order valence-electron chi connectivity index (χ3n) is 4.55. The first-order valence-electron chi connectivity index (χ1n) is 12.1. The van der Waals surface area contributed by atoms with E-state index in [2.05, 4.69) is 0 Å². The molecule has 2 aliphatic rings. The van der Waals surface area contributed by atoms with Crippen LogP contribution in [0.15, 0.2) is 0 Å². The van der Waals surface area contributed by atoms with E-state index in [-0.39, 0.29) is 0 Å². The minimum absolute atomic E-state index is 1.96. The van der Waals surface area contributed by atoms with E-state index < -0.39 is 77.5 Å². The van der Waals surface area contributed by atoms with Crippen LogP contribution in [0.3, 0.4) is 0 Å². The Bertz CT molecular complexity index is 696. The van der Waals surface area contributed by atoms with Gasteiger partial charge in [-0.25, -0.2) is 0 Å². The van der Waals surface area contributed by atoms with Gasteiger partial charge in [0.05, 0.1) is 0 Å². The average Bonchev–Trinajstić information content (AvgIpc) is 2.30. The lowest BCUT2D eigenvalue weighted by Gasteiger charge is -2.50. The Kier molecular flexibility index (Phi) is 9.25. The molecule has 10 nitrogen and oxygen atoms in total. The Morgan fingerprint density at radius 1 is 0.371 bits per heavy atom. The van der Waals surface area contributed by atoms with Crippen molar-refractivity contribution in [2.24, 2.45) is 0 Å². The number of rotatable bonds is 8. The Balaban J connectivity index is 2.11. The highest BCUT2D eigenvalue weighted by Crippen LogP contribution is 2.36. The SMILES string of the molecule is C[Si](C)(O[Si](C)(C)O[Si]1(C)O[Si](C)(C)O[Si](C)(C)O1)O[Si](C)(C)O[Si]1(C)O[Si](C)(C)O[Si](C)(C)O1. The Labute approximate surface area is 222 Å². The van der Waals surface area contributed by atoms with Crippen molar-refractivity contribution in [3.05, 3.63) is 0 Å². The summed E-state index contributed by atoms with van der Waals surface area (Å²) in [5, 5.41) is 0. The molecule has 35 heavy (non-hydrogen) atoms. The van der Waals surface area contributed by atoms with E-state index in [0.29, 0.717) is 0 Å². The Morgan fingerprint density at radius 3 is 0.829 bits per heavy atom. The van der Waals surface area contributed by atoms with Crippen LogP contribution in [0.25, 0.3) is 0 Å². The van der Waals surface area contributed by atoms with Gasteiger partial charge in [0.2, 0.25) is 0 Å². The summed E-state index contributed by atoms with van der Waals surface area (Å²) in [5.74, 6) is 0. The molecule has 0 aromatic rings. The topological polar surface area (TPSA) is 92.3 Å². The van der Waals surface area contributed by atoms with Gasteiger partial charge in [-0.2, -0.15) is 0 Å². The Hall–Kier alpha value is 1.55. The highest BCUT2D eigenvalue weighted by Gasteiger charge is 2.59. The molecule has 0 N–H and O–H groups in total. The fourth-order valence-electron chi connectivity index (χ4n) is 5.32. The molecule has 0 bridgehead atoms. The van der Waals surface area contributed by atoms with Gasteiger partial charge in [-0.15, -0.1) is 0 Å². The third kappa shape index (κ3) is 10.6. The molecular weight excluding hydrogens is 605 g/mol. The second kappa shape index (κ2) is 9.88. The summed E-state index contributed by atoms with van der Waals surface area (Å²) in [6, 6.07) is 0. The maximum absolute atomic E-state index is 6.65. The molecule has 2 saturated heterocycles. The average molecular weight is 653 g/mol. The molecule has 0 unspecified atom stereocenters. The highest BCUT2D eigenvalue weighted by molar-refractivity contribution is 6.96. The quantitative estimate of drug-likeness (QED) is 0.325. The molecule has 0 radical (unpaired) electrons. The van der Waals surface area contributed by atoms with Gasteiger partial charge in [0.1, 0.15) is 0 Å². The van der Waals surface area contributed by atoms with Crippen LogP contribution in [0.4, 0.5) is 0 Å². The van der Waals surface area contributed by atoms with Gasteiger partial charge in [-0.1, -0.05) is 0 Å². The molecule has 0 atom stereocenters. The fraction of sp³-hybridized carbons (Fsp3) is 1.00. The molecule has 0 amide bonds. The monoisotopic (exact) mass is 652 g/mol. The number of hydrogen-bond acceptors (Lipinski definition) is 10. The van der Waals surface area contributed by atoms with Gasteiger partial charge >= 0.3 is 77.5 Å². The third-order valence-corrected chi connectivity index (χ3v) is 41.0. The summed E-state index contributed by atoms with van der Waals surface area (Å²) in [6.07, 6.45) is 0. The lowest BCUT2D eigenvalue weighted by Crippen LogP contribution is -2.70. The zero-order valence-electron chi connectivity index (χ0n) is 24.6. The predicted octanol–water partition coefficient (Wildman–Crippen LogP) is 5.23. The van der Waals surface area contributed by atoms with Crippen LogP contribution < -0.4 is 0 Å². The van der Waals surface area contributed by atoms with Gasteiger partial charge in [0.15, 0.2) is 0 Å². The van der Waals surface area contributed by atoms with E-state index in [9.17, 15) is 0 Å². The summed E-state index contributed by atoms with van der Waals surface area (Å²) in [6.45, 7) is 32.4. The van der Waals surface area contributed by atoms with E-state index in [0.717, 1.165) is 0 Å². The van der Waals surface area contributed by atoms with Crippen molar-refractivity contribution >= 4 is 77.5 Å². The lowest BCUT2D eigenvalue weighted by molar-refractivity contribution is 0.153. The number of hydrogen-bond donors (Lipinski definition) is 0. The van der Waals surface area contributed by atoms with Crippen LogP contribution in [0.1, 0.15) is 0 Å². The van der Waals surface area contributed by atoms with Gasteiger partial charge in [-0.3, -0.25) is 0 Å². The molecule has 208 valence electrons. The largest absolute Gasteiger partial charge is 0.470 e. The van der Waals surface area contributed by atoms with Crippen molar-refractivity contribution < 1.29 is 41.2 Å². The van der Waals surface area contributed by atoms with Crippen LogP contribution in [0.2, 0.25) is 105 Å². The van der Waals surface area contributed by atoms with E-state index in [4.69, 9.17) is 41.2 Å². The molecule has 0 spiro atoms. The molecule has 2 rings (SSSR count). The smallest absolute Gasteiger partial charge is 0.416 e. The van der Waals surface area contributed by atoms with Gasteiger partial charge < -0.3 is 41.2 Å². The van der Waals surface area contributed by atoms with Crippen molar-refractivity contribution in [3.63, 3.8) is 0 Å². The second-order valence-corrected chi connectivity index (χ2v) is 43.8. The first-order valence-corrected chi connectivity index (χ1v) is 36.2. The molecule has 19 heteroatoms. The molecule has 0 aliphatic carbocycles. The molecule has 2 heterocycles. The van der Waals surface area contributed by atoms with Gasteiger partial charge in [0, 0.05) is 13.1 Å². The first kappa shape index (κ1) is 32.8. The van der Waals surface area contributed by atoms with Crippen molar-refractivity contribution in [1.82, 2.24) is 0 Å². The molecule has 0 aromatic heterocycles. The predicted molar refractivity (Wildman–Crippen MR) is 156 cm³/mol. The van der Waals surface area contributed by atoms with Crippen molar-refractivity contribution in [3.8, 4) is 0 Å². The zero-order valence-corrected chi connectivity index (χ0v) is 33.6. The van der Waals surface area contributed by atoms with Crippen LogP contribution in [0.5, 0.6) is 0 Å². The highest BCUT2D eigenvalue weighted by atomic mass is 28.6.